The molecule has 2 N–H and O–H groups in total. The summed E-state index contributed by atoms with van der Waals surface area (Å²) >= 11 is 0. The number of nitrogens with one attached hydrogen (secondary N) is 2. The number of carbonyl (C=O) groups is 1. The smallest absolute Gasteiger partial charge is 0.267 e. The number of hydrogen-bond acceptors (Lipinski definition) is 6. The maximum Gasteiger partial charge on any atom is 0.267 e. The van der Waals surface area contributed by atoms with Gasteiger partial charge >= 0.3 is 0 Å². The molecule has 0 aromatic carbocycles. The molecule has 162 valence electrons. The molecule has 1 fully saturated rings. The Kier molecular flexibility index (Phi) is 5.24. The number of aromatic nitrogens is 4. The van der Waals surface area contributed by atoms with Crippen molar-refractivity contribution in [3.05, 3.63) is 82.0 Å². The normalized spacial score (nSPS) is 15.9. The summed E-state index contributed by atoms with van der Waals surface area (Å²) in [6.07, 6.45) is 6.69. The molecule has 32 heavy (non-hydrogen) atoms. The SMILES string of the molecule is N=c1c(C(=O)NCc2cccnc2)cc2c(=O)n3ccccc3nc2n1C[C@@H]1CCCO1. The summed E-state index contributed by atoms with van der Waals surface area (Å²) in [5, 5.41) is 11.9. The minimum absolute atomic E-state index is 0.00358. The highest BCUT2D eigenvalue weighted by Crippen LogP contribution is 2.17. The molecule has 9 nitrogen and oxygen atoms in total. The molecule has 4 aromatic rings. The van der Waals surface area contributed by atoms with Crippen molar-refractivity contribution in [1.82, 2.24) is 24.3 Å². The molecule has 1 amide bonds. The molecule has 1 saturated heterocycles. The van der Waals surface area contributed by atoms with E-state index in [1.54, 1.807) is 47.4 Å². The summed E-state index contributed by atoms with van der Waals surface area (Å²) in [5.41, 5.74) is 1.55. The largest absolute Gasteiger partial charge is 0.376 e. The number of amides is 1. The van der Waals surface area contributed by atoms with Crippen molar-refractivity contribution in [1.29, 1.82) is 5.41 Å². The Morgan fingerprint density at radius 1 is 1.28 bits per heavy atom. The van der Waals surface area contributed by atoms with E-state index in [1.165, 1.54) is 10.5 Å². The van der Waals surface area contributed by atoms with Crippen LogP contribution in [-0.4, -0.2) is 37.6 Å². The molecule has 4 aromatic heterocycles. The van der Waals surface area contributed by atoms with Gasteiger partial charge in [0.25, 0.3) is 11.5 Å². The number of pyridine rings is 3. The van der Waals surface area contributed by atoms with E-state index in [0.29, 0.717) is 24.4 Å². The average molecular weight is 430 g/mol. The molecule has 9 heteroatoms. The van der Waals surface area contributed by atoms with Gasteiger partial charge in [-0.3, -0.25) is 24.4 Å². The summed E-state index contributed by atoms with van der Waals surface area (Å²) in [5.74, 6) is -0.431. The molecule has 0 spiro atoms. The Morgan fingerprint density at radius 2 is 2.19 bits per heavy atom. The molecule has 5 rings (SSSR count). The minimum Gasteiger partial charge on any atom is -0.376 e. The van der Waals surface area contributed by atoms with Crippen molar-refractivity contribution in [3.8, 4) is 0 Å². The molecule has 0 saturated carbocycles. The molecule has 0 unspecified atom stereocenters. The first-order valence-corrected chi connectivity index (χ1v) is 10.5. The molecular formula is C23H22N6O3. The van der Waals surface area contributed by atoms with E-state index in [0.717, 1.165) is 18.4 Å². The van der Waals surface area contributed by atoms with Gasteiger partial charge in [0.2, 0.25) is 0 Å². The van der Waals surface area contributed by atoms with Crippen molar-refractivity contribution in [2.75, 3.05) is 6.61 Å². The third kappa shape index (κ3) is 3.67. The van der Waals surface area contributed by atoms with Crippen LogP contribution in [0.1, 0.15) is 28.8 Å². The van der Waals surface area contributed by atoms with E-state index in [2.05, 4.69) is 15.3 Å². The zero-order valence-electron chi connectivity index (χ0n) is 17.3. The summed E-state index contributed by atoms with van der Waals surface area (Å²) in [7, 11) is 0. The summed E-state index contributed by atoms with van der Waals surface area (Å²) in [6.45, 7) is 1.29. The number of fused-ring (bicyclic) bond motifs is 2. The topological polar surface area (TPSA) is 114 Å². The Labute approximate surface area is 182 Å². The van der Waals surface area contributed by atoms with E-state index in [-0.39, 0.29) is 34.6 Å². The first-order valence-electron chi connectivity index (χ1n) is 10.5. The average Bonchev–Trinajstić information content (AvgIpc) is 3.34. The third-order valence-corrected chi connectivity index (χ3v) is 5.65. The molecule has 1 aliphatic rings. The maximum atomic E-state index is 13.2. The van der Waals surface area contributed by atoms with E-state index < -0.39 is 5.91 Å². The summed E-state index contributed by atoms with van der Waals surface area (Å²) < 4.78 is 8.83. The van der Waals surface area contributed by atoms with Gasteiger partial charge in [0, 0.05) is 31.7 Å². The third-order valence-electron chi connectivity index (χ3n) is 5.65. The highest BCUT2D eigenvalue weighted by atomic mass is 16.5. The second kappa shape index (κ2) is 8.35. The van der Waals surface area contributed by atoms with Crippen LogP contribution in [0.5, 0.6) is 0 Å². The van der Waals surface area contributed by atoms with Crippen LogP contribution in [0.25, 0.3) is 16.7 Å². The highest BCUT2D eigenvalue weighted by Gasteiger charge is 2.22. The Morgan fingerprint density at radius 3 is 2.97 bits per heavy atom. The van der Waals surface area contributed by atoms with Gasteiger partial charge in [0.1, 0.15) is 16.8 Å². The maximum absolute atomic E-state index is 13.2. The van der Waals surface area contributed by atoms with E-state index in [1.807, 2.05) is 6.07 Å². The Balaban J connectivity index is 1.63. The molecule has 0 radical (unpaired) electrons. The van der Waals surface area contributed by atoms with Crippen LogP contribution in [0.4, 0.5) is 0 Å². The Hall–Kier alpha value is -3.85. The highest BCUT2D eigenvalue weighted by molar-refractivity contribution is 5.96. The lowest BCUT2D eigenvalue weighted by Gasteiger charge is -2.17. The van der Waals surface area contributed by atoms with Crippen molar-refractivity contribution in [3.63, 3.8) is 0 Å². The van der Waals surface area contributed by atoms with Crippen LogP contribution in [-0.2, 0) is 17.8 Å². The number of rotatable bonds is 5. The Bertz CT molecular complexity index is 1420. The van der Waals surface area contributed by atoms with Crippen LogP contribution < -0.4 is 16.4 Å². The van der Waals surface area contributed by atoms with Gasteiger partial charge in [-0.1, -0.05) is 12.1 Å². The van der Waals surface area contributed by atoms with Crippen LogP contribution in [0.2, 0.25) is 0 Å². The standard InChI is InChI=1S/C23H22N6O3/c24-20-17(22(30)26-13-15-5-3-8-25-12-15)11-18-21(29(20)14-16-6-4-10-32-16)27-19-7-1-2-9-28(19)23(18)31/h1-3,5,7-9,11-12,16,24H,4,6,10,13-14H2,(H,26,30)/t16-/m0/s1. The summed E-state index contributed by atoms with van der Waals surface area (Å²) in [4.78, 5) is 34.9. The fourth-order valence-electron chi connectivity index (χ4n) is 4.01. The predicted molar refractivity (Wildman–Crippen MR) is 117 cm³/mol. The van der Waals surface area contributed by atoms with Crippen LogP contribution in [0.15, 0.2) is 59.8 Å². The van der Waals surface area contributed by atoms with Gasteiger partial charge in [-0.2, -0.15) is 0 Å². The van der Waals surface area contributed by atoms with Crippen molar-refractivity contribution in [2.45, 2.75) is 32.0 Å². The zero-order chi connectivity index (χ0) is 22.1. The molecule has 0 bridgehead atoms. The van der Waals surface area contributed by atoms with Crippen LogP contribution in [0.3, 0.4) is 0 Å². The van der Waals surface area contributed by atoms with Gasteiger partial charge in [-0.05, 0) is 42.7 Å². The summed E-state index contributed by atoms with van der Waals surface area (Å²) in [6, 6.07) is 10.4. The van der Waals surface area contributed by atoms with Gasteiger partial charge in [-0.15, -0.1) is 0 Å². The predicted octanol–water partition coefficient (Wildman–Crippen LogP) is 1.63. The molecule has 0 aliphatic carbocycles. The van der Waals surface area contributed by atoms with Gasteiger partial charge < -0.3 is 14.6 Å². The van der Waals surface area contributed by atoms with Crippen molar-refractivity contribution >= 4 is 22.6 Å². The number of carbonyl (C=O) groups excluding carboxylic acids is 1. The van der Waals surface area contributed by atoms with Crippen LogP contribution in [0, 0.1) is 5.41 Å². The van der Waals surface area contributed by atoms with Gasteiger partial charge in [0.15, 0.2) is 0 Å². The lowest BCUT2D eigenvalue weighted by Crippen LogP contribution is -2.36. The van der Waals surface area contributed by atoms with Crippen molar-refractivity contribution in [2.24, 2.45) is 0 Å². The fourth-order valence-corrected chi connectivity index (χ4v) is 4.01. The first-order chi connectivity index (χ1) is 15.6. The minimum atomic E-state index is -0.431. The zero-order valence-corrected chi connectivity index (χ0v) is 17.3. The van der Waals surface area contributed by atoms with E-state index >= 15 is 0 Å². The van der Waals surface area contributed by atoms with Crippen LogP contribution >= 0.6 is 0 Å². The first kappa shape index (κ1) is 20.1. The molecule has 1 aliphatic heterocycles. The lowest BCUT2D eigenvalue weighted by atomic mass is 10.1. The number of nitrogens with zero attached hydrogens (tertiary/aromatic N) is 4. The van der Waals surface area contributed by atoms with Gasteiger partial charge in [0.05, 0.1) is 23.6 Å². The monoisotopic (exact) mass is 430 g/mol. The van der Waals surface area contributed by atoms with Crippen molar-refractivity contribution < 1.29 is 9.53 Å². The quantitative estimate of drug-likeness (QED) is 0.467. The fraction of sp³-hybridized carbons (Fsp3) is 0.261. The number of ether oxygens (including phenoxy) is 1. The second-order valence-electron chi connectivity index (χ2n) is 7.78. The van der Waals surface area contributed by atoms with Gasteiger partial charge in [-0.25, -0.2) is 4.98 Å². The lowest BCUT2D eigenvalue weighted by molar-refractivity contribution is 0.0931. The molecular weight excluding hydrogens is 408 g/mol. The van der Waals surface area contributed by atoms with E-state index in [4.69, 9.17) is 10.1 Å². The molecule has 1 atom stereocenters. The second-order valence-corrected chi connectivity index (χ2v) is 7.78. The molecule has 5 heterocycles. The van der Waals surface area contributed by atoms with E-state index in [9.17, 15) is 9.59 Å². The number of hydrogen-bond donors (Lipinski definition) is 2.